The maximum Gasteiger partial charge on any atom is 0.242 e. The third kappa shape index (κ3) is 3.09. The lowest BCUT2D eigenvalue weighted by Crippen LogP contribution is -2.41. The fraction of sp³-hybridized carbons (Fsp3) is 0.615. The minimum Gasteiger partial charge on any atom is -0.263 e. The molecule has 1 aromatic heterocycles. The number of pyridine rings is 1. The fourth-order valence-electron chi connectivity index (χ4n) is 2.62. The van der Waals surface area contributed by atoms with E-state index in [0.717, 1.165) is 25.7 Å². The molecule has 1 aliphatic carbocycles. The van der Waals surface area contributed by atoms with Gasteiger partial charge in [-0.3, -0.25) is 4.98 Å². The fourth-order valence-corrected chi connectivity index (χ4v) is 3.93. The van der Waals surface area contributed by atoms with E-state index in [-0.39, 0.29) is 10.9 Å². The van der Waals surface area contributed by atoms with E-state index < -0.39 is 10.0 Å². The summed E-state index contributed by atoms with van der Waals surface area (Å²) < 4.78 is 27.3. The molecule has 1 aliphatic rings. The highest BCUT2D eigenvalue weighted by atomic mass is 32.2. The molecule has 18 heavy (non-hydrogen) atoms. The molecule has 5 heteroatoms. The predicted octanol–water partition coefficient (Wildman–Crippen LogP) is 2.33. The van der Waals surface area contributed by atoms with Crippen LogP contribution in [0.5, 0.6) is 0 Å². The van der Waals surface area contributed by atoms with Crippen LogP contribution in [0.15, 0.2) is 29.4 Å². The van der Waals surface area contributed by atoms with E-state index in [4.69, 9.17) is 0 Å². The van der Waals surface area contributed by atoms with Gasteiger partial charge in [0.25, 0.3) is 0 Å². The lowest BCUT2D eigenvalue weighted by atomic mass is 9.83. The van der Waals surface area contributed by atoms with E-state index in [9.17, 15) is 8.42 Å². The van der Waals surface area contributed by atoms with E-state index in [2.05, 4.69) is 16.6 Å². The van der Waals surface area contributed by atoms with E-state index in [1.165, 1.54) is 12.6 Å². The van der Waals surface area contributed by atoms with Gasteiger partial charge in [-0.1, -0.05) is 26.2 Å². The molecule has 0 spiro atoms. The molecule has 4 nitrogen and oxygen atoms in total. The van der Waals surface area contributed by atoms with Gasteiger partial charge < -0.3 is 0 Å². The zero-order valence-corrected chi connectivity index (χ0v) is 11.5. The average molecular weight is 268 g/mol. The number of sulfonamides is 1. The summed E-state index contributed by atoms with van der Waals surface area (Å²) in [6, 6.07) is 3.31. The lowest BCUT2D eigenvalue weighted by Gasteiger charge is -2.31. The van der Waals surface area contributed by atoms with Crippen LogP contribution in [0.3, 0.4) is 0 Å². The Bertz CT molecular complexity index is 473. The Kier molecular flexibility index (Phi) is 4.35. The number of hydrogen-bond donors (Lipinski definition) is 1. The molecule has 0 unspecified atom stereocenters. The van der Waals surface area contributed by atoms with Crippen LogP contribution in [0.2, 0.25) is 0 Å². The molecule has 1 aromatic rings. The largest absolute Gasteiger partial charge is 0.263 e. The molecule has 0 radical (unpaired) electrons. The Morgan fingerprint density at radius 2 is 2.17 bits per heavy atom. The third-order valence-corrected chi connectivity index (χ3v) is 5.16. The van der Waals surface area contributed by atoms with E-state index in [0.29, 0.717) is 5.92 Å². The Morgan fingerprint density at radius 3 is 2.83 bits per heavy atom. The summed E-state index contributed by atoms with van der Waals surface area (Å²) in [7, 11) is -3.42. The SMILES string of the molecule is CC[C@@H]1CCCC[C@H]1NS(=O)(=O)c1cccnc1. The first-order valence-electron chi connectivity index (χ1n) is 6.56. The Balaban J connectivity index is 2.12. The molecule has 2 rings (SSSR count). The van der Waals surface area contributed by atoms with Crippen molar-refractivity contribution in [3.63, 3.8) is 0 Å². The molecule has 1 saturated carbocycles. The second-order valence-electron chi connectivity index (χ2n) is 4.87. The van der Waals surface area contributed by atoms with Crippen LogP contribution in [0.1, 0.15) is 39.0 Å². The monoisotopic (exact) mass is 268 g/mol. The molecule has 0 amide bonds. The normalized spacial score (nSPS) is 24.9. The van der Waals surface area contributed by atoms with Crippen LogP contribution in [0.25, 0.3) is 0 Å². The van der Waals surface area contributed by atoms with Gasteiger partial charge in [0.05, 0.1) is 0 Å². The van der Waals surface area contributed by atoms with Gasteiger partial charge in [0.1, 0.15) is 4.90 Å². The Hall–Kier alpha value is -0.940. The van der Waals surface area contributed by atoms with Crippen molar-refractivity contribution in [1.29, 1.82) is 0 Å². The second-order valence-corrected chi connectivity index (χ2v) is 6.58. The molecule has 100 valence electrons. The number of aromatic nitrogens is 1. The summed E-state index contributed by atoms with van der Waals surface area (Å²) in [5, 5.41) is 0. The molecule has 0 bridgehead atoms. The molecular weight excluding hydrogens is 248 g/mol. The van der Waals surface area contributed by atoms with Crippen LogP contribution in [0.4, 0.5) is 0 Å². The molecule has 1 fully saturated rings. The van der Waals surface area contributed by atoms with Crippen LogP contribution >= 0.6 is 0 Å². The summed E-state index contributed by atoms with van der Waals surface area (Å²) >= 11 is 0. The van der Waals surface area contributed by atoms with Gasteiger partial charge in [-0.25, -0.2) is 13.1 Å². The Morgan fingerprint density at radius 1 is 1.39 bits per heavy atom. The van der Waals surface area contributed by atoms with Crippen molar-refractivity contribution in [2.24, 2.45) is 5.92 Å². The third-order valence-electron chi connectivity index (χ3n) is 3.68. The molecule has 0 aliphatic heterocycles. The van der Waals surface area contributed by atoms with E-state index in [1.807, 2.05) is 0 Å². The maximum atomic E-state index is 12.2. The van der Waals surface area contributed by atoms with Crippen molar-refractivity contribution in [2.45, 2.75) is 50.0 Å². The van der Waals surface area contributed by atoms with Gasteiger partial charge in [0.15, 0.2) is 0 Å². The number of nitrogens with one attached hydrogen (secondary N) is 1. The summed E-state index contributed by atoms with van der Waals surface area (Å²) in [6.07, 6.45) is 8.38. The summed E-state index contributed by atoms with van der Waals surface area (Å²) in [6.45, 7) is 2.13. The van der Waals surface area contributed by atoms with Gasteiger partial charge in [0.2, 0.25) is 10.0 Å². The predicted molar refractivity (Wildman–Crippen MR) is 70.6 cm³/mol. The van der Waals surface area contributed by atoms with Crippen molar-refractivity contribution in [1.82, 2.24) is 9.71 Å². The topological polar surface area (TPSA) is 59.1 Å². The van der Waals surface area contributed by atoms with Crippen molar-refractivity contribution < 1.29 is 8.42 Å². The van der Waals surface area contributed by atoms with Gasteiger partial charge in [0, 0.05) is 18.4 Å². The number of rotatable bonds is 4. The minimum absolute atomic E-state index is 0.0777. The van der Waals surface area contributed by atoms with E-state index >= 15 is 0 Å². The van der Waals surface area contributed by atoms with Crippen LogP contribution in [-0.4, -0.2) is 19.4 Å². The minimum atomic E-state index is -3.42. The smallest absolute Gasteiger partial charge is 0.242 e. The zero-order valence-electron chi connectivity index (χ0n) is 10.7. The van der Waals surface area contributed by atoms with Gasteiger partial charge in [-0.05, 0) is 30.9 Å². The quantitative estimate of drug-likeness (QED) is 0.911. The van der Waals surface area contributed by atoms with Crippen LogP contribution in [0, 0.1) is 5.92 Å². The molecule has 0 saturated heterocycles. The van der Waals surface area contributed by atoms with Gasteiger partial charge in [-0.2, -0.15) is 0 Å². The van der Waals surface area contributed by atoms with Gasteiger partial charge >= 0.3 is 0 Å². The molecule has 0 aromatic carbocycles. The van der Waals surface area contributed by atoms with Crippen molar-refractivity contribution >= 4 is 10.0 Å². The van der Waals surface area contributed by atoms with Crippen molar-refractivity contribution in [2.75, 3.05) is 0 Å². The highest BCUT2D eigenvalue weighted by Gasteiger charge is 2.28. The highest BCUT2D eigenvalue weighted by Crippen LogP contribution is 2.27. The molecule has 1 heterocycles. The molecule has 1 N–H and O–H groups in total. The maximum absolute atomic E-state index is 12.2. The first-order chi connectivity index (χ1) is 8.63. The van der Waals surface area contributed by atoms with Crippen molar-refractivity contribution in [3.8, 4) is 0 Å². The van der Waals surface area contributed by atoms with Crippen molar-refractivity contribution in [3.05, 3.63) is 24.5 Å². The summed E-state index contributed by atoms with van der Waals surface area (Å²) in [5.41, 5.74) is 0. The number of hydrogen-bond acceptors (Lipinski definition) is 3. The molecular formula is C13H20N2O2S. The molecule has 2 atom stereocenters. The second kappa shape index (κ2) is 5.80. The summed E-state index contributed by atoms with van der Waals surface area (Å²) in [5.74, 6) is 0.463. The first-order valence-corrected chi connectivity index (χ1v) is 8.04. The highest BCUT2D eigenvalue weighted by molar-refractivity contribution is 7.89. The van der Waals surface area contributed by atoms with E-state index in [1.54, 1.807) is 18.3 Å². The Labute approximate surface area is 109 Å². The van der Waals surface area contributed by atoms with Gasteiger partial charge in [-0.15, -0.1) is 0 Å². The van der Waals surface area contributed by atoms with Crippen LogP contribution in [-0.2, 0) is 10.0 Å². The zero-order chi connectivity index (χ0) is 13.0. The standard InChI is InChI=1S/C13H20N2O2S/c1-2-11-6-3-4-8-13(11)15-18(16,17)12-7-5-9-14-10-12/h5,7,9-11,13,15H,2-4,6,8H2,1H3/t11-,13-/m1/s1. The lowest BCUT2D eigenvalue weighted by molar-refractivity contribution is 0.282. The van der Waals surface area contributed by atoms with Crippen LogP contribution < -0.4 is 4.72 Å². The summed E-state index contributed by atoms with van der Waals surface area (Å²) in [4.78, 5) is 4.12. The number of nitrogens with zero attached hydrogens (tertiary/aromatic N) is 1. The average Bonchev–Trinajstić information content (AvgIpc) is 2.40. The first kappa shape index (κ1) is 13.5.